The van der Waals surface area contributed by atoms with Crippen LogP contribution in [0.2, 0.25) is 0 Å². The normalized spacial score (nSPS) is 11.0. The van der Waals surface area contributed by atoms with E-state index in [1.54, 1.807) is 24.3 Å². The van der Waals surface area contributed by atoms with Crippen molar-refractivity contribution in [2.24, 2.45) is 0 Å². The summed E-state index contributed by atoms with van der Waals surface area (Å²) < 4.78 is 30.0. The first-order valence-electron chi connectivity index (χ1n) is 7.85. The number of anilines is 1. The number of carbonyl (C=O) groups is 1. The number of rotatable bonds is 7. The Morgan fingerprint density at radius 3 is 2.36 bits per heavy atom. The van der Waals surface area contributed by atoms with Crippen LogP contribution < -0.4 is 14.4 Å². The summed E-state index contributed by atoms with van der Waals surface area (Å²) in [5, 5.41) is 2.81. The van der Waals surface area contributed by atoms with Crippen molar-refractivity contribution >= 4 is 21.6 Å². The van der Waals surface area contributed by atoms with E-state index >= 15 is 0 Å². The van der Waals surface area contributed by atoms with E-state index in [-0.39, 0.29) is 5.91 Å². The summed E-state index contributed by atoms with van der Waals surface area (Å²) >= 11 is 0. The van der Waals surface area contributed by atoms with E-state index in [4.69, 9.17) is 4.74 Å². The van der Waals surface area contributed by atoms with Gasteiger partial charge in [-0.1, -0.05) is 24.3 Å². The van der Waals surface area contributed by atoms with Crippen molar-refractivity contribution in [1.29, 1.82) is 0 Å². The number of para-hydroxylation sites is 1. The third-order valence-electron chi connectivity index (χ3n) is 3.67. The third kappa shape index (κ3) is 4.96. The fourth-order valence-corrected chi connectivity index (χ4v) is 2.78. The second-order valence-electron chi connectivity index (χ2n) is 5.51. The van der Waals surface area contributed by atoms with Gasteiger partial charge in [0.05, 0.1) is 24.1 Å². The minimum absolute atomic E-state index is 0.307. The molecule has 0 aliphatic carbocycles. The van der Waals surface area contributed by atoms with Crippen LogP contribution in [0, 0.1) is 0 Å². The van der Waals surface area contributed by atoms with Crippen molar-refractivity contribution < 1.29 is 17.9 Å². The molecular weight excluding hydrogens is 340 g/mol. The van der Waals surface area contributed by atoms with Crippen molar-refractivity contribution in [2.45, 2.75) is 13.5 Å². The molecule has 1 amide bonds. The van der Waals surface area contributed by atoms with Crippen LogP contribution in [0.25, 0.3) is 0 Å². The van der Waals surface area contributed by atoms with Gasteiger partial charge in [-0.15, -0.1) is 0 Å². The highest BCUT2D eigenvalue weighted by Gasteiger charge is 2.19. The Morgan fingerprint density at radius 2 is 1.76 bits per heavy atom. The Hall–Kier alpha value is -2.54. The van der Waals surface area contributed by atoms with Crippen molar-refractivity contribution in [3.63, 3.8) is 0 Å². The molecule has 6 nitrogen and oxygen atoms in total. The van der Waals surface area contributed by atoms with Crippen molar-refractivity contribution in [2.75, 3.05) is 24.2 Å². The van der Waals surface area contributed by atoms with Gasteiger partial charge < -0.3 is 10.1 Å². The number of amides is 1. The largest absolute Gasteiger partial charge is 0.494 e. The van der Waals surface area contributed by atoms with Gasteiger partial charge in [-0.25, -0.2) is 8.42 Å². The molecule has 0 spiro atoms. The number of ether oxygens (including phenoxy) is 1. The molecule has 0 fully saturated rings. The average molecular weight is 362 g/mol. The fraction of sp³-hybridized carbons (Fsp3) is 0.278. The van der Waals surface area contributed by atoms with Gasteiger partial charge in [-0.2, -0.15) is 0 Å². The molecular formula is C18H22N2O4S. The Labute approximate surface area is 148 Å². The highest BCUT2D eigenvalue weighted by molar-refractivity contribution is 7.92. The SMILES string of the molecule is CCOc1ccc(CNC(=O)c2ccccc2N(C)S(C)(=O)=O)cc1. The molecule has 0 aromatic heterocycles. The Balaban J connectivity index is 2.11. The van der Waals surface area contributed by atoms with Gasteiger partial charge in [0.25, 0.3) is 5.91 Å². The second kappa shape index (κ2) is 8.02. The summed E-state index contributed by atoms with van der Waals surface area (Å²) in [7, 11) is -2.03. The van der Waals surface area contributed by atoms with Crippen LogP contribution in [0.1, 0.15) is 22.8 Å². The Bertz CT molecular complexity index is 832. The molecule has 0 saturated carbocycles. The average Bonchev–Trinajstić information content (AvgIpc) is 2.59. The summed E-state index contributed by atoms with van der Waals surface area (Å²) in [4.78, 5) is 12.5. The van der Waals surface area contributed by atoms with E-state index in [2.05, 4.69) is 5.32 Å². The van der Waals surface area contributed by atoms with Crippen LogP contribution in [0.15, 0.2) is 48.5 Å². The fourth-order valence-electron chi connectivity index (χ4n) is 2.27. The van der Waals surface area contributed by atoms with Crippen molar-refractivity contribution in [3.05, 3.63) is 59.7 Å². The maximum Gasteiger partial charge on any atom is 0.253 e. The molecule has 1 N–H and O–H groups in total. The van der Waals surface area contributed by atoms with E-state index < -0.39 is 10.0 Å². The number of benzene rings is 2. The number of hydrogen-bond acceptors (Lipinski definition) is 4. The van der Waals surface area contributed by atoms with Gasteiger partial charge in [-0.3, -0.25) is 9.10 Å². The number of hydrogen-bond donors (Lipinski definition) is 1. The van der Waals surface area contributed by atoms with Gasteiger partial charge in [0, 0.05) is 13.6 Å². The smallest absolute Gasteiger partial charge is 0.253 e. The van der Waals surface area contributed by atoms with Crippen LogP contribution in [0.4, 0.5) is 5.69 Å². The van der Waals surface area contributed by atoms with Gasteiger partial charge in [0.2, 0.25) is 10.0 Å². The summed E-state index contributed by atoms with van der Waals surface area (Å²) in [5.74, 6) is 0.442. The first-order chi connectivity index (χ1) is 11.8. The van der Waals surface area contributed by atoms with Crippen LogP contribution in [-0.4, -0.2) is 34.2 Å². The molecule has 7 heteroatoms. The van der Waals surface area contributed by atoms with E-state index in [1.807, 2.05) is 31.2 Å². The van der Waals surface area contributed by atoms with Crippen molar-refractivity contribution in [3.8, 4) is 5.75 Å². The van der Waals surface area contributed by atoms with Crippen LogP contribution in [0.3, 0.4) is 0 Å². The van der Waals surface area contributed by atoms with Crippen molar-refractivity contribution in [1.82, 2.24) is 5.32 Å². The van der Waals surface area contributed by atoms with E-state index in [1.165, 1.54) is 7.05 Å². The quantitative estimate of drug-likeness (QED) is 0.821. The molecule has 2 aromatic carbocycles. The molecule has 0 radical (unpaired) electrons. The predicted molar refractivity (Wildman–Crippen MR) is 98.5 cm³/mol. The molecule has 0 heterocycles. The zero-order chi connectivity index (χ0) is 18.4. The summed E-state index contributed by atoms with van der Waals surface area (Å²) in [5.41, 5.74) is 1.57. The van der Waals surface area contributed by atoms with Gasteiger partial charge >= 0.3 is 0 Å². The molecule has 2 aromatic rings. The number of carbonyl (C=O) groups excluding carboxylic acids is 1. The predicted octanol–water partition coefficient (Wildman–Crippen LogP) is 2.41. The number of sulfonamides is 1. The molecule has 25 heavy (non-hydrogen) atoms. The second-order valence-corrected chi connectivity index (χ2v) is 7.52. The van der Waals surface area contributed by atoms with Crippen LogP contribution in [0.5, 0.6) is 5.75 Å². The Kier molecular flexibility index (Phi) is 6.03. The van der Waals surface area contributed by atoms with E-state index in [9.17, 15) is 13.2 Å². The topological polar surface area (TPSA) is 75.7 Å². The summed E-state index contributed by atoms with van der Waals surface area (Å²) in [6, 6.07) is 14.0. The lowest BCUT2D eigenvalue weighted by molar-refractivity contribution is 0.0951. The van der Waals surface area contributed by atoms with Gasteiger partial charge in [0.1, 0.15) is 5.75 Å². The van der Waals surface area contributed by atoms with E-state index in [0.717, 1.165) is 21.9 Å². The molecule has 0 unspecified atom stereocenters. The maximum atomic E-state index is 12.5. The van der Waals surface area contributed by atoms with E-state index in [0.29, 0.717) is 24.4 Å². The maximum absolute atomic E-state index is 12.5. The lowest BCUT2D eigenvalue weighted by atomic mass is 10.1. The lowest BCUT2D eigenvalue weighted by Crippen LogP contribution is -2.29. The summed E-state index contributed by atoms with van der Waals surface area (Å²) in [6.07, 6.45) is 1.10. The first-order valence-corrected chi connectivity index (χ1v) is 9.70. The zero-order valence-electron chi connectivity index (χ0n) is 14.5. The molecule has 0 aliphatic rings. The highest BCUT2D eigenvalue weighted by atomic mass is 32.2. The molecule has 134 valence electrons. The van der Waals surface area contributed by atoms with Gasteiger partial charge in [-0.05, 0) is 36.8 Å². The first kappa shape index (κ1) is 18.8. The molecule has 2 rings (SSSR count). The van der Waals surface area contributed by atoms with Crippen LogP contribution >= 0.6 is 0 Å². The molecule has 0 bridgehead atoms. The monoisotopic (exact) mass is 362 g/mol. The lowest BCUT2D eigenvalue weighted by Gasteiger charge is -2.19. The Morgan fingerprint density at radius 1 is 1.12 bits per heavy atom. The molecule has 0 saturated heterocycles. The number of nitrogens with zero attached hydrogens (tertiary/aromatic N) is 1. The molecule has 0 aliphatic heterocycles. The standard InChI is InChI=1S/C18H22N2O4S/c1-4-24-15-11-9-14(10-12-15)13-19-18(21)16-7-5-6-8-17(16)20(2)25(3,22)23/h5-12H,4,13H2,1-3H3,(H,19,21). The molecule has 0 atom stereocenters. The van der Waals surface area contributed by atoms with Crippen LogP contribution in [-0.2, 0) is 16.6 Å². The highest BCUT2D eigenvalue weighted by Crippen LogP contribution is 2.21. The number of nitrogens with one attached hydrogen (secondary N) is 1. The zero-order valence-corrected chi connectivity index (χ0v) is 15.3. The minimum atomic E-state index is -3.45. The third-order valence-corrected chi connectivity index (χ3v) is 4.86. The minimum Gasteiger partial charge on any atom is -0.494 e. The van der Waals surface area contributed by atoms with Gasteiger partial charge in [0.15, 0.2) is 0 Å². The summed E-state index contributed by atoms with van der Waals surface area (Å²) in [6.45, 7) is 2.85.